The molecule has 0 spiro atoms. The van der Waals surface area contributed by atoms with Gasteiger partial charge in [-0.25, -0.2) is 0 Å². The number of aliphatic hydroxyl groups is 1. The number of benzene rings is 2. The van der Waals surface area contributed by atoms with E-state index in [1.807, 2.05) is 44.2 Å². The summed E-state index contributed by atoms with van der Waals surface area (Å²) in [5.41, 5.74) is 2.79. The van der Waals surface area contributed by atoms with Crippen molar-refractivity contribution in [2.75, 3.05) is 31.7 Å². The predicted molar refractivity (Wildman–Crippen MR) is 116 cm³/mol. The molecule has 3 N–H and O–H groups in total. The zero-order valence-corrected chi connectivity index (χ0v) is 17.7. The molecule has 2 aromatic rings. The van der Waals surface area contributed by atoms with Crippen molar-refractivity contribution in [3.8, 4) is 11.5 Å². The molecule has 0 aliphatic rings. The van der Waals surface area contributed by atoms with E-state index in [1.54, 1.807) is 6.07 Å². The fourth-order valence-electron chi connectivity index (χ4n) is 2.69. The van der Waals surface area contributed by atoms with Crippen molar-refractivity contribution >= 4 is 23.2 Å². The van der Waals surface area contributed by atoms with E-state index in [1.165, 1.54) is 0 Å². The molecule has 29 heavy (non-hydrogen) atoms. The number of hydrogen-bond donors (Lipinski definition) is 3. The van der Waals surface area contributed by atoms with Gasteiger partial charge in [0.1, 0.15) is 0 Å². The molecule has 2 aromatic carbocycles. The van der Waals surface area contributed by atoms with Crippen LogP contribution in [0.1, 0.15) is 30.9 Å². The molecule has 7 heteroatoms. The molecule has 0 fully saturated rings. The highest BCUT2D eigenvalue weighted by Crippen LogP contribution is 2.36. The Hall–Kier alpha value is -2.28. The number of carbonyl (C=O) groups excluding carboxylic acids is 1. The van der Waals surface area contributed by atoms with Crippen molar-refractivity contribution in [3.05, 3.63) is 52.5 Å². The topological polar surface area (TPSA) is 79.8 Å². The third-order valence-corrected chi connectivity index (χ3v) is 4.42. The summed E-state index contributed by atoms with van der Waals surface area (Å²) < 4.78 is 11.3. The van der Waals surface area contributed by atoms with Gasteiger partial charge in [0.2, 0.25) is 0 Å². The third kappa shape index (κ3) is 7.93. The lowest BCUT2D eigenvalue weighted by Gasteiger charge is -2.15. The Labute approximate surface area is 177 Å². The largest absolute Gasteiger partial charge is 0.490 e. The second-order valence-corrected chi connectivity index (χ2v) is 7.06. The Morgan fingerprint density at radius 2 is 1.90 bits per heavy atom. The van der Waals surface area contributed by atoms with E-state index >= 15 is 0 Å². The van der Waals surface area contributed by atoms with Gasteiger partial charge in [0.15, 0.2) is 18.1 Å². The van der Waals surface area contributed by atoms with Crippen LogP contribution in [0.5, 0.6) is 11.5 Å². The fourth-order valence-corrected chi connectivity index (χ4v) is 2.98. The number of nitrogens with one attached hydrogen (secondary N) is 2. The highest BCUT2D eigenvalue weighted by atomic mass is 35.5. The fraction of sp³-hybridized carbons (Fsp3) is 0.409. The van der Waals surface area contributed by atoms with E-state index in [-0.39, 0.29) is 19.1 Å². The predicted octanol–water partition coefficient (Wildman–Crippen LogP) is 3.93. The second kappa shape index (κ2) is 12.3. The number of rotatable bonds is 12. The molecule has 0 aromatic heterocycles. The lowest BCUT2D eigenvalue weighted by atomic mass is 10.2. The van der Waals surface area contributed by atoms with E-state index in [4.69, 9.17) is 26.2 Å². The Morgan fingerprint density at radius 1 is 1.14 bits per heavy atom. The van der Waals surface area contributed by atoms with Crippen LogP contribution in [-0.2, 0) is 11.3 Å². The van der Waals surface area contributed by atoms with Gasteiger partial charge in [-0.05, 0) is 63.1 Å². The molecule has 1 amide bonds. The van der Waals surface area contributed by atoms with Crippen molar-refractivity contribution < 1.29 is 19.4 Å². The minimum absolute atomic E-state index is 0.174. The van der Waals surface area contributed by atoms with E-state index in [2.05, 4.69) is 10.6 Å². The van der Waals surface area contributed by atoms with Crippen molar-refractivity contribution in [3.63, 3.8) is 0 Å². The zero-order valence-electron chi connectivity index (χ0n) is 17.0. The monoisotopic (exact) mass is 420 g/mol. The molecule has 0 radical (unpaired) electrons. The molecule has 158 valence electrons. The molecule has 0 heterocycles. The van der Waals surface area contributed by atoms with E-state index in [0.29, 0.717) is 35.4 Å². The Bertz CT molecular complexity index is 781. The summed E-state index contributed by atoms with van der Waals surface area (Å²) in [6.45, 7) is 5.77. The summed E-state index contributed by atoms with van der Waals surface area (Å²) in [7, 11) is 0. The van der Waals surface area contributed by atoms with E-state index in [9.17, 15) is 4.79 Å². The third-order valence-electron chi connectivity index (χ3n) is 4.14. The van der Waals surface area contributed by atoms with Crippen LogP contribution in [-0.4, -0.2) is 37.4 Å². The molecule has 0 unspecified atom stereocenters. The maximum atomic E-state index is 12.2. The van der Waals surface area contributed by atoms with Crippen LogP contribution >= 0.6 is 11.6 Å². The number of amides is 1. The van der Waals surface area contributed by atoms with Gasteiger partial charge in [-0.1, -0.05) is 29.3 Å². The Morgan fingerprint density at radius 3 is 2.59 bits per heavy atom. The molecule has 0 aliphatic carbocycles. The van der Waals surface area contributed by atoms with Crippen molar-refractivity contribution in [2.24, 2.45) is 0 Å². The summed E-state index contributed by atoms with van der Waals surface area (Å²) in [5.74, 6) is 0.592. The number of hydrogen-bond acceptors (Lipinski definition) is 5. The van der Waals surface area contributed by atoms with Crippen LogP contribution in [0.2, 0.25) is 5.02 Å². The molecule has 0 bridgehead atoms. The Balaban J connectivity index is 1.97. The molecular weight excluding hydrogens is 392 g/mol. The standard InChI is InChI=1S/C22H29ClN2O4/c1-3-28-20-13-17(14-24-10-4-5-11-26)12-19(23)22(20)29-15-21(27)25-18-8-6-16(2)7-9-18/h6-9,12-13,24,26H,3-5,10-11,14-15H2,1-2H3,(H,25,27). The van der Waals surface area contributed by atoms with Gasteiger partial charge < -0.3 is 25.2 Å². The molecule has 0 saturated carbocycles. The average molecular weight is 421 g/mol. The van der Waals surface area contributed by atoms with Gasteiger partial charge in [0.05, 0.1) is 11.6 Å². The van der Waals surface area contributed by atoms with Gasteiger partial charge in [0, 0.05) is 18.8 Å². The summed E-state index contributed by atoms with van der Waals surface area (Å²) >= 11 is 6.40. The van der Waals surface area contributed by atoms with E-state index in [0.717, 1.165) is 30.5 Å². The van der Waals surface area contributed by atoms with Gasteiger partial charge in [0.25, 0.3) is 5.91 Å². The average Bonchev–Trinajstić information content (AvgIpc) is 2.69. The number of anilines is 1. The first kappa shape index (κ1) is 23.0. The number of aliphatic hydroxyl groups excluding tert-OH is 1. The zero-order chi connectivity index (χ0) is 21.1. The van der Waals surface area contributed by atoms with Gasteiger partial charge >= 0.3 is 0 Å². The highest BCUT2D eigenvalue weighted by molar-refractivity contribution is 6.32. The smallest absolute Gasteiger partial charge is 0.262 e. The summed E-state index contributed by atoms with van der Waals surface area (Å²) in [6, 6.07) is 11.2. The van der Waals surface area contributed by atoms with Crippen molar-refractivity contribution in [1.29, 1.82) is 0 Å². The minimum atomic E-state index is -0.276. The van der Waals surface area contributed by atoms with Crippen LogP contribution in [0.4, 0.5) is 5.69 Å². The molecule has 0 saturated heterocycles. The maximum Gasteiger partial charge on any atom is 0.262 e. The minimum Gasteiger partial charge on any atom is -0.490 e. The summed E-state index contributed by atoms with van der Waals surface area (Å²) in [4.78, 5) is 12.2. The number of halogens is 1. The maximum absolute atomic E-state index is 12.2. The van der Waals surface area contributed by atoms with Crippen molar-refractivity contribution in [2.45, 2.75) is 33.2 Å². The lowest BCUT2D eigenvalue weighted by molar-refractivity contribution is -0.118. The first-order valence-corrected chi connectivity index (χ1v) is 10.2. The molecule has 0 aliphatic heterocycles. The number of ether oxygens (including phenoxy) is 2. The summed E-state index contributed by atoms with van der Waals surface area (Å²) in [6.07, 6.45) is 1.68. The van der Waals surface area contributed by atoms with Crippen LogP contribution in [0.15, 0.2) is 36.4 Å². The highest BCUT2D eigenvalue weighted by Gasteiger charge is 2.14. The van der Waals surface area contributed by atoms with Gasteiger partial charge in [-0.3, -0.25) is 4.79 Å². The second-order valence-electron chi connectivity index (χ2n) is 6.65. The SMILES string of the molecule is CCOc1cc(CNCCCCO)cc(Cl)c1OCC(=O)Nc1ccc(C)cc1. The van der Waals surface area contributed by atoms with Crippen LogP contribution in [0, 0.1) is 6.92 Å². The van der Waals surface area contributed by atoms with E-state index < -0.39 is 0 Å². The molecule has 2 rings (SSSR count). The number of aryl methyl sites for hydroxylation is 1. The quantitative estimate of drug-likeness (QED) is 0.453. The molecule has 0 atom stereocenters. The van der Waals surface area contributed by atoms with Crippen LogP contribution in [0.3, 0.4) is 0 Å². The van der Waals surface area contributed by atoms with Crippen LogP contribution < -0.4 is 20.1 Å². The van der Waals surface area contributed by atoms with Crippen molar-refractivity contribution in [1.82, 2.24) is 5.32 Å². The first-order chi connectivity index (χ1) is 14.0. The van der Waals surface area contributed by atoms with Gasteiger partial charge in [-0.2, -0.15) is 0 Å². The number of unbranched alkanes of at least 4 members (excludes halogenated alkanes) is 1. The van der Waals surface area contributed by atoms with Crippen LogP contribution in [0.25, 0.3) is 0 Å². The van der Waals surface area contributed by atoms with Gasteiger partial charge in [-0.15, -0.1) is 0 Å². The Kier molecular flexibility index (Phi) is 9.77. The first-order valence-electron chi connectivity index (χ1n) is 9.79. The molecule has 6 nitrogen and oxygen atoms in total. The normalized spacial score (nSPS) is 10.6. The number of carbonyl (C=O) groups is 1. The summed E-state index contributed by atoms with van der Waals surface area (Å²) in [5, 5.41) is 15.3. The molecular formula is C22H29ClN2O4. The lowest BCUT2D eigenvalue weighted by Crippen LogP contribution is -2.20.